The van der Waals surface area contributed by atoms with Gasteiger partial charge >= 0.3 is 0 Å². The fraction of sp³-hybridized carbons (Fsp3) is 0.458. The summed E-state index contributed by atoms with van der Waals surface area (Å²) >= 11 is 0. The number of aryl methyl sites for hydroxylation is 1. The zero-order valence-electron chi connectivity index (χ0n) is 17.1. The maximum absolute atomic E-state index is 12.5. The maximum atomic E-state index is 12.5. The standard InChI is InChI=1S/C24H32N2O2/c1-19-14-16-26(17-15-19)22(21-10-6-7-11-23(21)28-2)18-25-24(27)13-12-20-8-4-3-5-9-20/h3-11,19,22H,12-18H2,1-2H3,(H,25,27). The van der Waals surface area contributed by atoms with Gasteiger partial charge in [-0.05, 0) is 49.9 Å². The van der Waals surface area contributed by atoms with Gasteiger partial charge in [-0.3, -0.25) is 9.69 Å². The van der Waals surface area contributed by atoms with E-state index in [1.165, 1.54) is 18.4 Å². The molecular formula is C24H32N2O2. The summed E-state index contributed by atoms with van der Waals surface area (Å²) in [7, 11) is 1.71. The molecule has 1 aliphatic rings. The van der Waals surface area contributed by atoms with Crippen LogP contribution in [0.25, 0.3) is 0 Å². The molecular weight excluding hydrogens is 348 g/mol. The number of likely N-dealkylation sites (tertiary alicyclic amines) is 1. The van der Waals surface area contributed by atoms with Crippen molar-refractivity contribution in [1.29, 1.82) is 0 Å². The van der Waals surface area contributed by atoms with Gasteiger partial charge in [0.1, 0.15) is 5.75 Å². The van der Waals surface area contributed by atoms with Gasteiger partial charge in [0.25, 0.3) is 0 Å². The molecule has 2 aromatic rings. The van der Waals surface area contributed by atoms with E-state index in [0.717, 1.165) is 36.7 Å². The molecule has 1 amide bonds. The summed E-state index contributed by atoms with van der Waals surface area (Å²) in [6.45, 7) is 5.05. The molecule has 1 N–H and O–H groups in total. The quantitative estimate of drug-likeness (QED) is 0.746. The number of hydrogen-bond acceptors (Lipinski definition) is 3. The molecule has 0 aliphatic carbocycles. The van der Waals surface area contributed by atoms with E-state index in [0.29, 0.717) is 13.0 Å². The second kappa shape index (κ2) is 10.3. The van der Waals surface area contributed by atoms with Crippen LogP contribution in [0.1, 0.15) is 43.4 Å². The van der Waals surface area contributed by atoms with Gasteiger partial charge in [0.05, 0.1) is 13.2 Å². The van der Waals surface area contributed by atoms with Crippen molar-refractivity contribution >= 4 is 5.91 Å². The lowest BCUT2D eigenvalue weighted by Crippen LogP contribution is -2.42. The van der Waals surface area contributed by atoms with Crippen LogP contribution in [0.2, 0.25) is 0 Å². The zero-order valence-corrected chi connectivity index (χ0v) is 17.1. The Labute approximate surface area is 168 Å². The molecule has 4 heteroatoms. The maximum Gasteiger partial charge on any atom is 0.220 e. The molecule has 1 heterocycles. The van der Waals surface area contributed by atoms with E-state index in [1.54, 1.807) is 7.11 Å². The van der Waals surface area contributed by atoms with E-state index in [1.807, 2.05) is 30.3 Å². The van der Waals surface area contributed by atoms with E-state index >= 15 is 0 Å². The highest BCUT2D eigenvalue weighted by Gasteiger charge is 2.27. The Morgan fingerprint density at radius 1 is 1.11 bits per heavy atom. The van der Waals surface area contributed by atoms with E-state index in [2.05, 4.69) is 41.4 Å². The van der Waals surface area contributed by atoms with E-state index < -0.39 is 0 Å². The van der Waals surface area contributed by atoms with Crippen molar-refractivity contribution in [3.8, 4) is 5.75 Å². The minimum absolute atomic E-state index is 0.106. The lowest BCUT2D eigenvalue weighted by atomic mass is 9.95. The van der Waals surface area contributed by atoms with Gasteiger partial charge in [0.2, 0.25) is 5.91 Å². The molecule has 150 valence electrons. The van der Waals surface area contributed by atoms with Gasteiger partial charge in [-0.15, -0.1) is 0 Å². The molecule has 1 fully saturated rings. The monoisotopic (exact) mass is 380 g/mol. The molecule has 4 nitrogen and oxygen atoms in total. The van der Waals surface area contributed by atoms with Crippen LogP contribution < -0.4 is 10.1 Å². The molecule has 0 aromatic heterocycles. The Morgan fingerprint density at radius 3 is 2.50 bits per heavy atom. The molecule has 0 spiro atoms. The molecule has 0 radical (unpaired) electrons. The summed E-state index contributed by atoms with van der Waals surface area (Å²) in [5.74, 6) is 1.77. The topological polar surface area (TPSA) is 41.6 Å². The van der Waals surface area contributed by atoms with Crippen LogP contribution in [-0.2, 0) is 11.2 Å². The van der Waals surface area contributed by atoms with E-state index in [-0.39, 0.29) is 11.9 Å². The van der Waals surface area contributed by atoms with Crippen molar-refractivity contribution in [2.45, 2.75) is 38.6 Å². The summed E-state index contributed by atoms with van der Waals surface area (Å²) in [6.07, 6.45) is 3.69. The summed E-state index contributed by atoms with van der Waals surface area (Å²) in [5.41, 5.74) is 2.35. The number of rotatable bonds is 8. The highest BCUT2D eigenvalue weighted by Crippen LogP contribution is 2.31. The van der Waals surface area contributed by atoms with Crippen molar-refractivity contribution in [2.24, 2.45) is 5.92 Å². The zero-order chi connectivity index (χ0) is 19.8. The first-order valence-electron chi connectivity index (χ1n) is 10.3. The van der Waals surface area contributed by atoms with Crippen molar-refractivity contribution < 1.29 is 9.53 Å². The Kier molecular flexibility index (Phi) is 7.49. The third-order valence-corrected chi connectivity index (χ3v) is 5.73. The van der Waals surface area contributed by atoms with Gasteiger partial charge in [0.15, 0.2) is 0 Å². The predicted octanol–water partition coefficient (Wildman–Crippen LogP) is 4.22. The molecule has 2 aromatic carbocycles. The molecule has 1 unspecified atom stereocenters. The highest BCUT2D eigenvalue weighted by molar-refractivity contribution is 5.76. The number of piperidine rings is 1. The van der Waals surface area contributed by atoms with Crippen LogP contribution >= 0.6 is 0 Å². The van der Waals surface area contributed by atoms with E-state index in [9.17, 15) is 4.79 Å². The smallest absolute Gasteiger partial charge is 0.220 e. The van der Waals surface area contributed by atoms with Crippen LogP contribution in [-0.4, -0.2) is 37.6 Å². The summed E-state index contributed by atoms with van der Waals surface area (Å²) in [6, 6.07) is 18.5. The Bertz CT molecular complexity index is 739. The minimum atomic E-state index is 0.106. The number of carbonyl (C=O) groups is 1. The Morgan fingerprint density at radius 2 is 1.79 bits per heavy atom. The first-order chi connectivity index (χ1) is 13.7. The van der Waals surface area contributed by atoms with Crippen molar-refractivity contribution in [1.82, 2.24) is 10.2 Å². The van der Waals surface area contributed by atoms with E-state index in [4.69, 9.17) is 4.74 Å². The Balaban J connectivity index is 1.64. The lowest BCUT2D eigenvalue weighted by Gasteiger charge is -2.37. The third-order valence-electron chi connectivity index (χ3n) is 5.73. The molecule has 3 rings (SSSR count). The second-order valence-corrected chi connectivity index (χ2v) is 7.77. The number of para-hydroxylation sites is 1. The molecule has 0 bridgehead atoms. The largest absolute Gasteiger partial charge is 0.496 e. The number of amides is 1. The van der Waals surface area contributed by atoms with Crippen LogP contribution in [0.4, 0.5) is 0 Å². The van der Waals surface area contributed by atoms with Crippen molar-refractivity contribution in [2.75, 3.05) is 26.7 Å². The normalized spacial score (nSPS) is 16.5. The van der Waals surface area contributed by atoms with Gasteiger partial charge in [-0.25, -0.2) is 0 Å². The molecule has 1 atom stereocenters. The fourth-order valence-electron chi connectivity index (χ4n) is 3.92. The number of nitrogens with one attached hydrogen (secondary N) is 1. The van der Waals surface area contributed by atoms with Crippen LogP contribution in [0.3, 0.4) is 0 Å². The number of ether oxygens (including phenoxy) is 1. The SMILES string of the molecule is COc1ccccc1C(CNC(=O)CCc1ccccc1)N1CCC(C)CC1. The number of hydrogen-bond donors (Lipinski definition) is 1. The first-order valence-corrected chi connectivity index (χ1v) is 10.3. The first kappa shape index (κ1) is 20.4. The third kappa shape index (κ3) is 5.59. The predicted molar refractivity (Wildman–Crippen MR) is 113 cm³/mol. The number of methoxy groups -OCH3 is 1. The summed E-state index contributed by atoms with van der Waals surface area (Å²) in [5, 5.41) is 3.18. The number of nitrogens with zero attached hydrogens (tertiary/aromatic N) is 1. The van der Waals surface area contributed by atoms with Crippen LogP contribution in [0.5, 0.6) is 5.75 Å². The fourth-order valence-corrected chi connectivity index (χ4v) is 3.92. The Hall–Kier alpha value is -2.33. The molecule has 0 saturated carbocycles. The molecule has 1 aliphatic heterocycles. The van der Waals surface area contributed by atoms with Crippen molar-refractivity contribution in [3.05, 3.63) is 65.7 Å². The van der Waals surface area contributed by atoms with Gasteiger partial charge in [0, 0.05) is 18.5 Å². The molecule has 1 saturated heterocycles. The lowest BCUT2D eigenvalue weighted by molar-refractivity contribution is -0.121. The van der Waals surface area contributed by atoms with Crippen LogP contribution in [0, 0.1) is 5.92 Å². The second-order valence-electron chi connectivity index (χ2n) is 7.77. The molecule has 28 heavy (non-hydrogen) atoms. The minimum Gasteiger partial charge on any atom is -0.496 e. The van der Waals surface area contributed by atoms with Gasteiger partial charge in [-0.2, -0.15) is 0 Å². The summed E-state index contributed by atoms with van der Waals surface area (Å²) in [4.78, 5) is 15.0. The highest BCUT2D eigenvalue weighted by atomic mass is 16.5. The van der Waals surface area contributed by atoms with Gasteiger partial charge < -0.3 is 10.1 Å². The van der Waals surface area contributed by atoms with Crippen LogP contribution in [0.15, 0.2) is 54.6 Å². The number of benzene rings is 2. The van der Waals surface area contributed by atoms with Crippen molar-refractivity contribution in [3.63, 3.8) is 0 Å². The summed E-state index contributed by atoms with van der Waals surface area (Å²) < 4.78 is 5.61. The average molecular weight is 381 g/mol. The van der Waals surface area contributed by atoms with Gasteiger partial charge in [-0.1, -0.05) is 55.5 Å². The number of carbonyl (C=O) groups excluding carboxylic acids is 1. The average Bonchev–Trinajstić information content (AvgIpc) is 2.74.